The zero-order valence-corrected chi connectivity index (χ0v) is 19.8. The molecule has 0 spiro atoms. The van der Waals surface area contributed by atoms with E-state index in [0.717, 1.165) is 36.3 Å². The summed E-state index contributed by atoms with van der Waals surface area (Å²) in [5.74, 6) is 0.546. The van der Waals surface area contributed by atoms with Crippen molar-refractivity contribution in [2.75, 3.05) is 24.3 Å². The van der Waals surface area contributed by atoms with Gasteiger partial charge in [0.2, 0.25) is 5.91 Å². The Morgan fingerprint density at radius 2 is 2.00 bits per heavy atom. The summed E-state index contributed by atoms with van der Waals surface area (Å²) >= 11 is 1.89. The fourth-order valence-electron chi connectivity index (χ4n) is 4.15. The molecule has 3 rings (SSSR count). The van der Waals surface area contributed by atoms with Crippen LogP contribution in [0.2, 0.25) is 0 Å². The molecule has 3 amide bonds. The third-order valence-corrected chi connectivity index (χ3v) is 7.39. The first-order valence-corrected chi connectivity index (χ1v) is 12.6. The van der Waals surface area contributed by atoms with Gasteiger partial charge in [0.15, 0.2) is 0 Å². The number of aliphatic hydroxyl groups excluding tert-OH is 1. The average molecular weight is 476 g/mol. The van der Waals surface area contributed by atoms with E-state index in [0.29, 0.717) is 36.7 Å². The van der Waals surface area contributed by atoms with Crippen molar-refractivity contribution in [1.82, 2.24) is 10.6 Å². The SMILES string of the molecule is CCOC(=O)/C(=C/CO)CCc1ccc(NC(=O)CCCC[C@@H]2SC[C@@H]3NC(=O)N[C@@H]32)cc1. The van der Waals surface area contributed by atoms with Crippen LogP contribution in [0.1, 0.15) is 44.6 Å². The number of benzene rings is 1. The van der Waals surface area contributed by atoms with Gasteiger partial charge in [-0.3, -0.25) is 4.79 Å². The van der Waals surface area contributed by atoms with Crippen LogP contribution in [0.15, 0.2) is 35.9 Å². The topological polar surface area (TPSA) is 117 Å². The first-order valence-electron chi connectivity index (χ1n) is 11.5. The average Bonchev–Trinajstić information content (AvgIpc) is 3.34. The van der Waals surface area contributed by atoms with Crippen molar-refractivity contribution in [1.29, 1.82) is 0 Å². The Hall–Kier alpha value is -2.52. The van der Waals surface area contributed by atoms with Gasteiger partial charge in [0.25, 0.3) is 0 Å². The minimum atomic E-state index is -0.397. The molecule has 2 aliphatic heterocycles. The maximum absolute atomic E-state index is 12.3. The number of hydrogen-bond donors (Lipinski definition) is 4. The molecule has 2 fully saturated rings. The van der Waals surface area contributed by atoms with Crippen LogP contribution < -0.4 is 16.0 Å². The number of ether oxygens (including phenoxy) is 1. The number of unbranched alkanes of at least 4 members (excludes halogenated alkanes) is 1. The van der Waals surface area contributed by atoms with Crippen LogP contribution in [0.4, 0.5) is 10.5 Å². The molecule has 9 heteroatoms. The molecular weight excluding hydrogens is 442 g/mol. The van der Waals surface area contributed by atoms with E-state index >= 15 is 0 Å². The Balaban J connectivity index is 1.35. The van der Waals surface area contributed by atoms with Crippen molar-refractivity contribution in [3.8, 4) is 0 Å². The minimum absolute atomic E-state index is 0.00832. The van der Waals surface area contributed by atoms with Crippen molar-refractivity contribution in [2.24, 2.45) is 0 Å². The monoisotopic (exact) mass is 475 g/mol. The maximum Gasteiger partial charge on any atom is 0.333 e. The Kier molecular flexibility index (Phi) is 9.62. The third-order valence-electron chi connectivity index (χ3n) is 5.88. The van der Waals surface area contributed by atoms with Crippen LogP contribution in [0.3, 0.4) is 0 Å². The van der Waals surface area contributed by atoms with Gasteiger partial charge < -0.3 is 25.8 Å². The summed E-state index contributed by atoms with van der Waals surface area (Å²) in [6.45, 7) is 1.85. The Morgan fingerprint density at radius 3 is 2.73 bits per heavy atom. The number of carbonyl (C=O) groups is 3. The summed E-state index contributed by atoms with van der Waals surface area (Å²) in [6.07, 6.45) is 5.82. The molecule has 0 saturated carbocycles. The standard InChI is InChI=1S/C24H33N3O5S/c1-2-32-23(30)17(13-14-28)10-7-16-8-11-18(12-9-16)25-21(29)6-4-3-5-20-22-19(15-33-20)26-24(31)27-22/h8-9,11-13,19-20,22,28H,2-7,10,14-15H2,1H3,(H,25,29)(H2,26,27,31)/b17-13+/t19-,20-,22-/m0/s1. The lowest BCUT2D eigenvalue weighted by Gasteiger charge is -2.16. The van der Waals surface area contributed by atoms with Crippen molar-refractivity contribution in [2.45, 2.75) is 62.8 Å². The highest BCUT2D eigenvalue weighted by atomic mass is 32.2. The van der Waals surface area contributed by atoms with E-state index in [4.69, 9.17) is 9.84 Å². The number of nitrogens with one attached hydrogen (secondary N) is 3. The second-order valence-corrected chi connectivity index (χ2v) is 9.52. The van der Waals surface area contributed by atoms with Crippen LogP contribution in [-0.2, 0) is 20.7 Å². The van der Waals surface area contributed by atoms with Crippen molar-refractivity contribution >= 4 is 35.4 Å². The summed E-state index contributed by atoms with van der Waals surface area (Å²) in [7, 11) is 0. The smallest absolute Gasteiger partial charge is 0.333 e. The van der Waals surface area contributed by atoms with Crippen molar-refractivity contribution in [3.05, 3.63) is 41.5 Å². The van der Waals surface area contributed by atoms with Crippen LogP contribution in [-0.4, -0.2) is 59.3 Å². The van der Waals surface area contributed by atoms with Crippen LogP contribution >= 0.6 is 11.8 Å². The Morgan fingerprint density at radius 1 is 1.21 bits per heavy atom. The lowest BCUT2D eigenvalue weighted by molar-refractivity contribution is -0.138. The van der Waals surface area contributed by atoms with E-state index in [1.165, 1.54) is 6.08 Å². The van der Waals surface area contributed by atoms with Gasteiger partial charge in [-0.2, -0.15) is 11.8 Å². The Labute approximate surface area is 198 Å². The summed E-state index contributed by atoms with van der Waals surface area (Å²) in [5.41, 5.74) is 2.24. The highest BCUT2D eigenvalue weighted by molar-refractivity contribution is 8.00. The summed E-state index contributed by atoms with van der Waals surface area (Å²) in [4.78, 5) is 35.6. The number of rotatable bonds is 12. The molecule has 1 aromatic rings. The lowest BCUT2D eigenvalue weighted by Crippen LogP contribution is -2.36. The second-order valence-electron chi connectivity index (χ2n) is 8.25. The molecule has 3 atom stereocenters. The van der Waals surface area contributed by atoms with E-state index in [-0.39, 0.29) is 30.6 Å². The predicted molar refractivity (Wildman–Crippen MR) is 129 cm³/mol. The van der Waals surface area contributed by atoms with E-state index in [1.807, 2.05) is 36.0 Å². The molecule has 2 saturated heterocycles. The highest BCUT2D eigenvalue weighted by Gasteiger charge is 2.42. The number of aliphatic hydroxyl groups is 1. The van der Waals surface area contributed by atoms with Crippen LogP contribution in [0.5, 0.6) is 0 Å². The highest BCUT2D eigenvalue weighted by Crippen LogP contribution is 2.33. The summed E-state index contributed by atoms with van der Waals surface area (Å²) in [5, 5.41) is 18.4. The molecule has 4 N–H and O–H groups in total. The van der Waals surface area contributed by atoms with Gasteiger partial charge in [0.1, 0.15) is 0 Å². The molecule has 0 radical (unpaired) electrons. The van der Waals surface area contributed by atoms with Crippen LogP contribution in [0.25, 0.3) is 0 Å². The second kappa shape index (κ2) is 12.6. The zero-order valence-electron chi connectivity index (χ0n) is 19.0. The number of thioether (sulfide) groups is 1. The molecule has 180 valence electrons. The summed E-state index contributed by atoms with van der Waals surface area (Å²) in [6, 6.07) is 7.95. The molecule has 1 aromatic carbocycles. The lowest BCUT2D eigenvalue weighted by atomic mass is 10.0. The molecule has 0 bridgehead atoms. The van der Waals surface area contributed by atoms with Gasteiger partial charge >= 0.3 is 12.0 Å². The minimum Gasteiger partial charge on any atom is -0.463 e. The third kappa shape index (κ3) is 7.50. The van der Waals surface area contributed by atoms with E-state index in [1.54, 1.807) is 6.92 Å². The maximum atomic E-state index is 12.3. The largest absolute Gasteiger partial charge is 0.463 e. The number of hydrogen-bond acceptors (Lipinski definition) is 6. The van der Waals surface area contributed by atoms with Gasteiger partial charge in [-0.1, -0.05) is 18.6 Å². The Bertz CT molecular complexity index is 858. The fraction of sp³-hybridized carbons (Fsp3) is 0.542. The molecular formula is C24H33N3O5S. The molecule has 2 heterocycles. The van der Waals surface area contributed by atoms with Crippen molar-refractivity contribution in [3.63, 3.8) is 0 Å². The number of fused-ring (bicyclic) bond motifs is 1. The summed E-state index contributed by atoms with van der Waals surface area (Å²) < 4.78 is 5.01. The van der Waals surface area contributed by atoms with E-state index in [2.05, 4.69) is 16.0 Å². The van der Waals surface area contributed by atoms with Gasteiger partial charge in [-0.25, -0.2) is 9.59 Å². The van der Waals surface area contributed by atoms with Gasteiger partial charge in [-0.05, 0) is 56.4 Å². The van der Waals surface area contributed by atoms with Gasteiger partial charge in [0.05, 0.1) is 25.3 Å². The van der Waals surface area contributed by atoms with Crippen molar-refractivity contribution < 1.29 is 24.2 Å². The van der Waals surface area contributed by atoms with Crippen LogP contribution in [0, 0.1) is 0 Å². The van der Waals surface area contributed by atoms with Gasteiger partial charge in [-0.15, -0.1) is 0 Å². The number of carbonyl (C=O) groups excluding carboxylic acids is 3. The molecule has 33 heavy (non-hydrogen) atoms. The molecule has 0 aromatic heterocycles. The number of anilines is 1. The number of aryl methyl sites for hydroxylation is 1. The first-order chi connectivity index (χ1) is 16.0. The van der Waals surface area contributed by atoms with E-state index < -0.39 is 5.97 Å². The predicted octanol–water partition coefficient (Wildman–Crippen LogP) is 2.77. The number of urea groups is 1. The normalized spacial score (nSPS) is 21.8. The quantitative estimate of drug-likeness (QED) is 0.160. The fourth-order valence-corrected chi connectivity index (χ4v) is 5.70. The molecule has 0 aliphatic carbocycles. The molecule has 0 unspecified atom stereocenters. The zero-order chi connectivity index (χ0) is 23.6. The number of esters is 1. The van der Waals surface area contributed by atoms with E-state index in [9.17, 15) is 14.4 Å². The number of amides is 3. The van der Waals surface area contributed by atoms with Gasteiger partial charge in [0, 0.05) is 28.7 Å². The molecule has 2 aliphatic rings. The first kappa shape index (κ1) is 25.1. The molecule has 8 nitrogen and oxygen atoms in total.